The Bertz CT molecular complexity index is 1070. The van der Waals surface area contributed by atoms with Crippen LogP contribution in [0.1, 0.15) is 41.0 Å². The SMILES string of the molecule is CCCn1c(N)c(C(=O)COC(=O)c2ccc(OC)c(OCC)c2)c(=O)n(C)c1=O. The molecular weight excluding hydrogens is 394 g/mol. The number of ether oxygens (including phenoxy) is 3. The van der Waals surface area contributed by atoms with Crippen LogP contribution in [0.4, 0.5) is 5.82 Å². The van der Waals surface area contributed by atoms with Gasteiger partial charge in [0.2, 0.25) is 5.78 Å². The molecule has 10 nitrogen and oxygen atoms in total. The van der Waals surface area contributed by atoms with E-state index in [4.69, 9.17) is 19.9 Å². The van der Waals surface area contributed by atoms with Crippen LogP contribution in [0.25, 0.3) is 0 Å². The predicted octanol–water partition coefficient (Wildman–Crippen LogP) is 0.986. The van der Waals surface area contributed by atoms with E-state index in [1.54, 1.807) is 6.92 Å². The van der Waals surface area contributed by atoms with Crippen molar-refractivity contribution in [2.45, 2.75) is 26.8 Å². The molecule has 0 aliphatic heterocycles. The average Bonchev–Trinajstić information content (AvgIpc) is 2.73. The quantitative estimate of drug-likeness (QED) is 0.470. The highest BCUT2D eigenvalue weighted by Gasteiger charge is 2.23. The summed E-state index contributed by atoms with van der Waals surface area (Å²) in [6.45, 7) is 3.50. The summed E-state index contributed by atoms with van der Waals surface area (Å²) in [7, 11) is 2.73. The maximum atomic E-state index is 12.6. The standard InChI is InChI=1S/C20H25N3O7/c1-5-9-23-17(21)16(18(25)22(3)20(23)27)13(24)11-30-19(26)12-7-8-14(28-4)15(10-12)29-6-2/h7-8,10H,5-6,9,11,21H2,1-4H3. The van der Waals surface area contributed by atoms with Gasteiger partial charge in [-0.2, -0.15) is 0 Å². The highest BCUT2D eigenvalue weighted by atomic mass is 16.5. The first kappa shape index (κ1) is 22.7. The first-order chi connectivity index (χ1) is 14.3. The Kier molecular flexibility index (Phi) is 7.40. The fraction of sp³-hybridized carbons (Fsp3) is 0.400. The third-order valence-corrected chi connectivity index (χ3v) is 4.34. The highest BCUT2D eigenvalue weighted by Crippen LogP contribution is 2.28. The fourth-order valence-corrected chi connectivity index (χ4v) is 2.84. The van der Waals surface area contributed by atoms with Gasteiger partial charge < -0.3 is 19.9 Å². The van der Waals surface area contributed by atoms with Crippen molar-refractivity contribution < 1.29 is 23.8 Å². The molecule has 1 aromatic heterocycles. The summed E-state index contributed by atoms with van der Waals surface area (Å²) in [4.78, 5) is 49.5. The minimum Gasteiger partial charge on any atom is -0.493 e. The molecule has 0 unspecified atom stereocenters. The van der Waals surface area contributed by atoms with Crippen molar-refractivity contribution in [1.29, 1.82) is 0 Å². The smallest absolute Gasteiger partial charge is 0.338 e. The molecule has 0 spiro atoms. The lowest BCUT2D eigenvalue weighted by Gasteiger charge is -2.14. The number of methoxy groups -OCH3 is 1. The Balaban J connectivity index is 2.26. The molecule has 0 saturated heterocycles. The van der Waals surface area contributed by atoms with Gasteiger partial charge in [0.05, 0.1) is 19.3 Å². The fourth-order valence-electron chi connectivity index (χ4n) is 2.84. The van der Waals surface area contributed by atoms with Gasteiger partial charge in [-0.1, -0.05) is 6.92 Å². The van der Waals surface area contributed by atoms with Crippen molar-refractivity contribution >= 4 is 17.6 Å². The molecular formula is C20H25N3O7. The van der Waals surface area contributed by atoms with E-state index in [2.05, 4.69) is 0 Å². The maximum absolute atomic E-state index is 12.6. The highest BCUT2D eigenvalue weighted by molar-refractivity contribution is 6.02. The van der Waals surface area contributed by atoms with Crippen LogP contribution in [0, 0.1) is 0 Å². The second kappa shape index (κ2) is 9.77. The monoisotopic (exact) mass is 419 g/mol. The van der Waals surface area contributed by atoms with Gasteiger partial charge in [0.15, 0.2) is 18.1 Å². The lowest BCUT2D eigenvalue weighted by Crippen LogP contribution is -2.43. The van der Waals surface area contributed by atoms with Crippen LogP contribution in [-0.2, 0) is 18.3 Å². The summed E-state index contributed by atoms with van der Waals surface area (Å²) in [5, 5.41) is 0. The van der Waals surface area contributed by atoms with Crippen LogP contribution in [0.5, 0.6) is 11.5 Å². The largest absolute Gasteiger partial charge is 0.493 e. The lowest BCUT2D eigenvalue weighted by molar-refractivity contribution is 0.0473. The van der Waals surface area contributed by atoms with Gasteiger partial charge in [0, 0.05) is 13.6 Å². The van der Waals surface area contributed by atoms with Crippen molar-refractivity contribution in [3.8, 4) is 11.5 Å². The first-order valence-corrected chi connectivity index (χ1v) is 9.37. The third kappa shape index (κ3) is 4.53. The second-order valence-electron chi connectivity index (χ2n) is 6.36. The summed E-state index contributed by atoms with van der Waals surface area (Å²) >= 11 is 0. The zero-order valence-corrected chi connectivity index (χ0v) is 17.4. The number of anilines is 1. The van der Waals surface area contributed by atoms with Crippen molar-refractivity contribution in [1.82, 2.24) is 9.13 Å². The number of rotatable bonds is 9. The number of nitrogen functional groups attached to an aromatic ring is 1. The molecule has 0 radical (unpaired) electrons. The van der Waals surface area contributed by atoms with Crippen molar-refractivity contribution in [2.75, 3.05) is 26.1 Å². The van der Waals surface area contributed by atoms with Crippen molar-refractivity contribution in [2.24, 2.45) is 7.05 Å². The van der Waals surface area contributed by atoms with Gasteiger partial charge in [0.1, 0.15) is 11.4 Å². The number of hydrogen-bond acceptors (Lipinski definition) is 8. The van der Waals surface area contributed by atoms with Crippen molar-refractivity contribution in [3.05, 3.63) is 50.2 Å². The van der Waals surface area contributed by atoms with E-state index < -0.39 is 29.6 Å². The van der Waals surface area contributed by atoms with E-state index in [9.17, 15) is 19.2 Å². The van der Waals surface area contributed by atoms with Crippen molar-refractivity contribution in [3.63, 3.8) is 0 Å². The minimum atomic E-state index is -0.839. The predicted molar refractivity (Wildman–Crippen MR) is 109 cm³/mol. The van der Waals surface area contributed by atoms with E-state index in [-0.39, 0.29) is 23.5 Å². The minimum absolute atomic E-state index is 0.142. The lowest BCUT2D eigenvalue weighted by atomic mass is 10.2. The Morgan fingerprint density at radius 1 is 1.13 bits per heavy atom. The number of hydrogen-bond donors (Lipinski definition) is 1. The van der Waals surface area contributed by atoms with Crippen LogP contribution >= 0.6 is 0 Å². The molecule has 2 aromatic rings. The van der Waals surface area contributed by atoms with Crippen LogP contribution < -0.4 is 26.5 Å². The van der Waals surface area contributed by atoms with Crippen LogP contribution in [-0.4, -0.2) is 41.2 Å². The molecule has 0 aliphatic rings. The molecule has 2 rings (SSSR count). The number of aromatic nitrogens is 2. The number of nitrogens with zero attached hydrogens (tertiary/aromatic N) is 2. The van der Waals surface area contributed by atoms with Gasteiger partial charge >= 0.3 is 11.7 Å². The number of carbonyl (C=O) groups excluding carboxylic acids is 2. The summed E-state index contributed by atoms with van der Waals surface area (Å²) in [6, 6.07) is 4.44. The second-order valence-corrected chi connectivity index (χ2v) is 6.36. The van der Waals surface area contributed by atoms with E-state index in [1.807, 2.05) is 6.92 Å². The van der Waals surface area contributed by atoms with Gasteiger partial charge in [-0.05, 0) is 31.5 Å². The molecule has 0 saturated carbocycles. The average molecular weight is 419 g/mol. The number of esters is 1. The molecule has 0 atom stereocenters. The zero-order chi connectivity index (χ0) is 22.4. The van der Waals surface area contributed by atoms with Gasteiger partial charge in [-0.3, -0.25) is 18.7 Å². The van der Waals surface area contributed by atoms with Gasteiger partial charge in [0.25, 0.3) is 5.56 Å². The number of Topliss-reactive ketones (excluding diaryl/α,β-unsaturated/α-hetero) is 1. The summed E-state index contributed by atoms with van der Waals surface area (Å²) in [6.07, 6.45) is 0.574. The van der Waals surface area contributed by atoms with E-state index in [0.717, 1.165) is 9.13 Å². The zero-order valence-electron chi connectivity index (χ0n) is 17.4. The topological polar surface area (TPSA) is 132 Å². The summed E-state index contributed by atoms with van der Waals surface area (Å²) in [5.41, 5.74) is 4.20. The Labute approximate surface area is 172 Å². The first-order valence-electron chi connectivity index (χ1n) is 9.37. The van der Waals surface area contributed by atoms with E-state index >= 15 is 0 Å². The van der Waals surface area contributed by atoms with E-state index in [1.165, 1.54) is 32.4 Å². The number of nitrogens with two attached hydrogens (primary N) is 1. The third-order valence-electron chi connectivity index (χ3n) is 4.34. The number of ketones is 1. The molecule has 0 amide bonds. The number of carbonyl (C=O) groups is 2. The molecule has 1 aromatic carbocycles. The Morgan fingerprint density at radius 3 is 2.43 bits per heavy atom. The molecule has 2 N–H and O–H groups in total. The van der Waals surface area contributed by atoms with Gasteiger partial charge in [-0.25, -0.2) is 9.59 Å². The molecule has 0 bridgehead atoms. The molecule has 30 heavy (non-hydrogen) atoms. The van der Waals surface area contributed by atoms with Crippen LogP contribution in [0.15, 0.2) is 27.8 Å². The molecule has 1 heterocycles. The molecule has 0 aliphatic carbocycles. The molecule has 0 fully saturated rings. The molecule has 10 heteroatoms. The summed E-state index contributed by atoms with van der Waals surface area (Å²) < 4.78 is 17.6. The van der Waals surface area contributed by atoms with Crippen LogP contribution in [0.2, 0.25) is 0 Å². The Hall–Kier alpha value is -3.56. The summed E-state index contributed by atoms with van der Waals surface area (Å²) in [5.74, 6) is -1.03. The maximum Gasteiger partial charge on any atom is 0.338 e. The Morgan fingerprint density at radius 2 is 1.83 bits per heavy atom. The molecule has 162 valence electrons. The van der Waals surface area contributed by atoms with Crippen LogP contribution in [0.3, 0.4) is 0 Å². The van der Waals surface area contributed by atoms with E-state index in [0.29, 0.717) is 24.5 Å². The normalized spacial score (nSPS) is 10.5. The van der Waals surface area contributed by atoms with Gasteiger partial charge in [-0.15, -0.1) is 0 Å². The number of benzene rings is 1.